The van der Waals surface area contributed by atoms with Crippen LogP contribution in [0.4, 0.5) is 11.5 Å². The first-order chi connectivity index (χ1) is 20.2. The molecule has 2 aliphatic rings. The van der Waals surface area contributed by atoms with Crippen molar-refractivity contribution in [1.29, 1.82) is 0 Å². The van der Waals surface area contributed by atoms with Crippen LogP contribution in [0.15, 0.2) is 63.2 Å². The second-order valence-electron chi connectivity index (χ2n) is 10.4. The maximum atomic E-state index is 13.9. The quantitative estimate of drug-likeness (QED) is 0.254. The van der Waals surface area contributed by atoms with E-state index < -0.39 is 5.91 Å². The topological polar surface area (TPSA) is 88.1 Å². The summed E-state index contributed by atoms with van der Waals surface area (Å²) in [5, 5.41) is 0. The maximum Gasteiger partial charge on any atom is 0.296 e. The van der Waals surface area contributed by atoms with E-state index in [1.54, 1.807) is 30.9 Å². The Hall–Kier alpha value is -4.00. The van der Waals surface area contributed by atoms with Gasteiger partial charge in [0.05, 0.1) is 21.8 Å². The Balaban J connectivity index is 1.45. The summed E-state index contributed by atoms with van der Waals surface area (Å²) in [6.45, 7) is 9.93. The molecule has 0 unspecified atom stereocenters. The first-order valence-electron chi connectivity index (χ1n) is 13.8. The van der Waals surface area contributed by atoms with Crippen molar-refractivity contribution in [3.8, 4) is 5.69 Å². The lowest BCUT2D eigenvalue weighted by molar-refractivity contribution is -0.113. The van der Waals surface area contributed by atoms with Crippen LogP contribution in [0.5, 0.6) is 0 Å². The number of benzene rings is 1. The van der Waals surface area contributed by atoms with Gasteiger partial charge in [-0.1, -0.05) is 55.2 Å². The zero-order chi connectivity index (χ0) is 29.7. The van der Waals surface area contributed by atoms with Gasteiger partial charge in [-0.3, -0.25) is 28.4 Å². The Labute approximate surface area is 252 Å². The fraction of sp³-hybridized carbons (Fsp3) is 0.300. The molecule has 0 saturated carbocycles. The van der Waals surface area contributed by atoms with Gasteiger partial charge in [0.25, 0.3) is 17.0 Å². The van der Waals surface area contributed by atoms with Crippen LogP contribution in [-0.4, -0.2) is 66.6 Å². The van der Waals surface area contributed by atoms with E-state index in [4.69, 9.17) is 17.2 Å². The van der Waals surface area contributed by atoms with Crippen molar-refractivity contribution in [2.45, 2.75) is 20.8 Å². The van der Waals surface area contributed by atoms with Crippen LogP contribution in [0.3, 0.4) is 0 Å². The van der Waals surface area contributed by atoms with Gasteiger partial charge in [-0.25, -0.2) is 9.67 Å². The fourth-order valence-electron chi connectivity index (χ4n) is 5.49. The zero-order valence-corrected chi connectivity index (χ0v) is 25.5. The number of hydrogen-bond donors (Lipinski definition) is 0. The van der Waals surface area contributed by atoms with Crippen LogP contribution in [0.1, 0.15) is 23.7 Å². The first-order valence-corrected chi connectivity index (χ1v) is 15.0. The van der Waals surface area contributed by atoms with Crippen molar-refractivity contribution in [2.75, 3.05) is 42.5 Å². The molecule has 2 saturated heterocycles. The molecule has 0 spiro atoms. The lowest BCUT2D eigenvalue weighted by atomic mass is 10.2. The van der Waals surface area contributed by atoms with E-state index in [2.05, 4.69) is 16.7 Å². The summed E-state index contributed by atoms with van der Waals surface area (Å²) in [4.78, 5) is 52.4. The zero-order valence-electron chi connectivity index (χ0n) is 23.9. The predicted molar refractivity (Wildman–Crippen MR) is 172 cm³/mol. The lowest BCUT2D eigenvalue weighted by Gasteiger charge is -2.35. The third-order valence-corrected chi connectivity index (χ3v) is 9.22. The van der Waals surface area contributed by atoms with Gasteiger partial charge in [0.2, 0.25) is 0 Å². The standard InChI is InChI=1S/C30H31N7O3S2/c1-5-33-13-15-34(16-14-33)26-22(27(38)35-18-19(2)11-12-24(35)31-26)17-23-28(39)36(30(41)42-23)25-20(3)32(4)37(29(25)40)21-9-7-6-8-10-21/h6-12,17-18H,5,13-16H2,1-4H3. The predicted octanol–water partition coefficient (Wildman–Crippen LogP) is 3.35. The van der Waals surface area contributed by atoms with Crippen molar-refractivity contribution in [3.63, 3.8) is 0 Å². The van der Waals surface area contributed by atoms with E-state index >= 15 is 0 Å². The maximum absolute atomic E-state index is 13.9. The highest BCUT2D eigenvalue weighted by molar-refractivity contribution is 8.27. The third kappa shape index (κ3) is 4.69. The molecule has 216 valence electrons. The molecule has 0 aliphatic carbocycles. The molecule has 0 bridgehead atoms. The Morgan fingerprint density at radius 2 is 1.69 bits per heavy atom. The third-order valence-electron chi connectivity index (χ3n) is 7.92. The van der Waals surface area contributed by atoms with Gasteiger partial charge in [-0.05, 0) is 50.2 Å². The highest BCUT2D eigenvalue weighted by atomic mass is 32.2. The number of aromatic nitrogens is 4. The largest absolute Gasteiger partial charge is 0.353 e. The van der Waals surface area contributed by atoms with Gasteiger partial charge in [-0.15, -0.1) is 0 Å². The number of hydrogen-bond acceptors (Lipinski definition) is 8. The Bertz CT molecular complexity index is 1880. The van der Waals surface area contributed by atoms with Gasteiger partial charge in [-0.2, -0.15) is 0 Å². The number of carbonyl (C=O) groups excluding carboxylic acids is 1. The summed E-state index contributed by atoms with van der Waals surface area (Å²) in [6.07, 6.45) is 3.35. The number of thioether (sulfide) groups is 1. The van der Waals surface area contributed by atoms with Crippen LogP contribution >= 0.6 is 24.0 Å². The molecule has 0 atom stereocenters. The minimum atomic E-state index is -0.438. The van der Waals surface area contributed by atoms with Crippen molar-refractivity contribution >= 4 is 57.4 Å². The molecule has 2 fully saturated rings. The molecule has 0 radical (unpaired) electrons. The number of para-hydroxylation sites is 1. The molecule has 6 rings (SSSR count). The van der Waals surface area contributed by atoms with Crippen molar-refractivity contribution < 1.29 is 4.79 Å². The number of likely N-dealkylation sites (N-methyl/N-ethyl adjacent to an activating group) is 1. The number of amides is 1. The molecule has 0 N–H and O–H groups in total. The molecule has 1 aromatic carbocycles. The van der Waals surface area contributed by atoms with Crippen molar-refractivity contribution in [3.05, 3.63) is 91.1 Å². The SMILES string of the molecule is CCN1CCN(c2nc3ccc(C)cn3c(=O)c2C=C2SC(=S)N(c3c(C)n(C)n(-c4ccccc4)c3=O)C2=O)CC1. The van der Waals surface area contributed by atoms with Gasteiger partial charge in [0.15, 0.2) is 4.32 Å². The molecule has 2 aliphatic heterocycles. The highest BCUT2D eigenvalue weighted by Crippen LogP contribution is 2.37. The minimum absolute atomic E-state index is 0.201. The number of thiocarbonyl (C=S) groups is 1. The van der Waals surface area contributed by atoms with Gasteiger partial charge >= 0.3 is 0 Å². The number of aryl methyl sites for hydroxylation is 1. The summed E-state index contributed by atoms with van der Waals surface area (Å²) in [7, 11) is 1.77. The van der Waals surface area contributed by atoms with Gasteiger partial charge in [0.1, 0.15) is 17.2 Å². The second-order valence-corrected chi connectivity index (χ2v) is 12.1. The number of nitrogens with zero attached hydrogens (tertiary/aromatic N) is 7. The summed E-state index contributed by atoms with van der Waals surface area (Å²) >= 11 is 6.73. The van der Waals surface area contributed by atoms with Gasteiger partial charge < -0.3 is 9.80 Å². The summed E-state index contributed by atoms with van der Waals surface area (Å²) < 4.78 is 4.99. The van der Waals surface area contributed by atoms with Crippen molar-refractivity contribution in [1.82, 2.24) is 23.6 Å². The monoisotopic (exact) mass is 601 g/mol. The van der Waals surface area contributed by atoms with Crippen LogP contribution in [0.2, 0.25) is 0 Å². The Morgan fingerprint density at radius 3 is 2.38 bits per heavy atom. The van der Waals surface area contributed by atoms with E-state index in [0.717, 1.165) is 37.0 Å². The summed E-state index contributed by atoms with van der Waals surface area (Å²) in [6, 6.07) is 13.0. The average Bonchev–Trinajstić information content (AvgIpc) is 3.39. The molecule has 1 amide bonds. The second kappa shape index (κ2) is 11.0. The Kier molecular flexibility index (Phi) is 7.37. The fourth-order valence-corrected chi connectivity index (χ4v) is 6.75. The number of rotatable bonds is 5. The summed E-state index contributed by atoms with van der Waals surface area (Å²) in [5.41, 5.74) is 2.66. The first kappa shape index (κ1) is 28.1. The minimum Gasteiger partial charge on any atom is -0.353 e. The van der Waals surface area contributed by atoms with E-state index in [1.807, 2.05) is 49.4 Å². The highest BCUT2D eigenvalue weighted by Gasteiger charge is 2.38. The van der Waals surface area contributed by atoms with Crippen LogP contribution in [-0.2, 0) is 11.8 Å². The number of anilines is 2. The Morgan fingerprint density at radius 1 is 0.976 bits per heavy atom. The number of fused-ring (bicyclic) bond motifs is 1. The van der Waals surface area contributed by atoms with E-state index in [1.165, 1.54) is 14.0 Å². The normalized spacial score (nSPS) is 17.3. The van der Waals surface area contributed by atoms with E-state index in [9.17, 15) is 14.4 Å². The summed E-state index contributed by atoms with van der Waals surface area (Å²) in [5.74, 6) is 0.110. The molecule has 4 aromatic rings. The van der Waals surface area contributed by atoms with Crippen LogP contribution < -0.4 is 20.9 Å². The molecule has 3 aromatic heterocycles. The van der Waals surface area contributed by atoms with Crippen LogP contribution in [0, 0.1) is 13.8 Å². The average molecular weight is 602 g/mol. The number of carbonyl (C=O) groups is 1. The molecule has 42 heavy (non-hydrogen) atoms. The number of piperazine rings is 1. The molecule has 10 nitrogen and oxygen atoms in total. The number of pyridine rings is 1. The molecular formula is C30H31N7O3S2. The van der Waals surface area contributed by atoms with E-state index in [-0.39, 0.29) is 26.0 Å². The molecule has 12 heteroatoms. The van der Waals surface area contributed by atoms with Crippen LogP contribution in [0.25, 0.3) is 17.4 Å². The molecule has 5 heterocycles. The van der Waals surface area contributed by atoms with Crippen molar-refractivity contribution in [2.24, 2.45) is 7.05 Å². The van der Waals surface area contributed by atoms with Gasteiger partial charge in [0, 0.05) is 39.4 Å². The van der Waals surface area contributed by atoms with E-state index in [0.29, 0.717) is 41.5 Å². The lowest BCUT2D eigenvalue weighted by Crippen LogP contribution is -2.47. The smallest absolute Gasteiger partial charge is 0.296 e. The molecular weight excluding hydrogens is 571 g/mol.